The standard InChI is InChI=1S/C9H17N/c1-7-5-10-6-8-3-2-4-9(7)8/h7-10H,2-6H2,1H3. The lowest BCUT2D eigenvalue weighted by atomic mass is 9.82. The third-order valence-electron chi connectivity index (χ3n) is 3.32. The van der Waals surface area contributed by atoms with E-state index in [9.17, 15) is 0 Å². The highest BCUT2D eigenvalue weighted by Crippen LogP contribution is 2.38. The van der Waals surface area contributed by atoms with Crippen LogP contribution in [0.4, 0.5) is 0 Å². The van der Waals surface area contributed by atoms with E-state index < -0.39 is 0 Å². The molecule has 1 saturated carbocycles. The van der Waals surface area contributed by atoms with Gasteiger partial charge >= 0.3 is 0 Å². The molecule has 2 rings (SSSR count). The molecule has 58 valence electrons. The molecule has 3 atom stereocenters. The average molecular weight is 139 g/mol. The summed E-state index contributed by atoms with van der Waals surface area (Å²) in [5, 5.41) is 3.51. The van der Waals surface area contributed by atoms with Gasteiger partial charge in [-0.05, 0) is 43.7 Å². The van der Waals surface area contributed by atoms with Gasteiger partial charge in [-0.1, -0.05) is 13.3 Å². The largest absolute Gasteiger partial charge is 0.316 e. The van der Waals surface area contributed by atoms with Crippen LogP contribution in [0, 0.1) is 17.8 Å². The monoisotopic (exact) mass is 139 g/mol. The lowest BCUT2D eigenvalue weighted by Gasteiger charge is -2.32. The normalized spacial score (nSPS) is 47.1. The first-order chi connectivity index (χ1) is 4.88. The molecule has 1 heteroatoms. The van der Waals surface area contributed by atoms with E-state index in [1.165, 1.54) is 32.4 Å². The second-order valence-electron chi connectivity index (χ2n) is 3.99. The second-order valence-corrected chi connectivity index (χ2v) is 3.99. The van der Waals surface area contributed by atoms with E-state index in [1.54, 1.807) is 0 Å². The Morgan fingerprint density at radius 2 is 2.10 bits per heavy atom. The number of fused-ring (bicyclic) bond motifs is 1. The molecule has 10 heavy (non-hydrogen) atoms. The lowest BCUT2D eigenvalue weighted by Crippen LogP contribution is -2.39. The Hall–Kier alpha value is -0.0400. The maximum atomic E-state index is 3.51. The van der Waals surface area contributed by atoms with Gasteiger partial charge in [0.15, 0.2) is 0 Å². The zero-order valence-corrected chi connectivity index (χ0v) is 6.77. The van der Waals surface area contributed by atoms with Gasteiger partial charge in [0, 0.05) is 0 Å². The van der Waals surface area contributed by atoms with Crippen LogP contribution in [0.15, 0.2) is 0 Å². The highest BCUT2D eigenvalue weighted by Gasteiger charge is 2.33. The van der Waals surface area contributed by atoms with Crippen molar-refractivity contribution in [3.05, 3.63) is 0 Å². The molecule has 0 spiro atoms. The van der Waals surface area contributed by atoms with E-state index in [0.29, 0.717) is 0 Å². The summed E-state index contributed by atoms with van der Waals surface area (Å²) in [5.41, 5.74) is 0. The molecule has 1 heterocycles. The quantitative estimate of drug-likeness (QED) is 0.538. The Balaban J connectivity index is 2.03. The molecule has 1 N–H and O–H groups in total. The summed E-state index contributed by atoms with van der Waals surface area (Å²) >= 11 is 0. The van der Waals surface area contributed by atoms with Gasteiger partial charge in [0.25, 0.3) is 0 Å². The molecular formula is C9H17N. The minimum Gasteiger partial charge on any atom is -0.316 e. The molecule has 0 aromatic rings. The number of hydrogen-bond donors (Lipinski definition) is 1. The van der Waals surface area contributed by atoms with Crippen molar-refractivity contribution in [1.29, 1.82) is 0 Å². The van der Waals surface area contributed by atoms with Crippen molar-refractivity contribution in [1.82, 2.24) is 5.32 Å². The second kappa shape index (κ2) is 2.54. The Labute approximate surface area is 63.2 Å². The van der Waals surface area contributed by atoms with Crippen LogP contribution in [0.25, 0.3) is 0 Å². The van der Waals surface area contributed by atoms with Crippen molar-refractivity contribution >= 4 is 0 Å². The van der Waals surface area contributed by atoms with Crippen LogP contribution >= 0.6 is 0 Å². The molecule has 0 bridgehead atoms. The fraction of sp³-hybridized carbons (Fsp3) is 1.00. The summed E-state index contributed by atoms with van der Waals surface area (Å²) in [6.45, 7) is 4.96. The SMILES string of the molecule is CC1CNCC2CCCC12. The molecule has 1 nitrogen and oxygen atoms in total. The Morgan fingerprint density at radius 1 is 1.20 bits per heavy atom. The maximum absolute atomic E-state index is 3.51. The van der Waals surface area contributed by atoms with Gasteiger partial charge in [-0.3, -0.25) is 0 Å². The molecule has 1 aliphatic carbocycles. The van der Waals surface area contributed by atoms with E-state index in [2.05, 4.69) is 12.2 Å². The molecule has 3 unspecified atom stereocenters. The lowest BCUT2D eigenvalue weighted by molar-refractivity contribution is 0.215. The van der Waals surface area contributed by atoms with Gasteiger partial charge in [0.2, 0.25) is 0 Å². The molecule has 0 aromatic heterocycles. The van der Waals surface area contributed by atoms with Crippen LogP contribution in [-0.2, 0) is 0 Å². The first kappa shape index (κ1) is 6.66. The highest BCUT2D eigenvalue weighted by atomic mass is 14.9. The first-order valence-electron chi connectivity index (χ1n) is 4.58. The predicted octanol–water partition coefficient (Wildman–Crippen LogP) is 1.64. The predicted molar refractivity (Wildman–Crippen MR) is 42.9 cm³/mol. The Kier molecular flexibility index (Phi) is 1.69. The van der Waals surface area contributed by atoms with Crippen LogP contribution in [0.1, 0.15) is 26.2 Å². The van der Waals surface area contributed by atoms with Crippen LogP contribution in [0.3, 0.4) is 0 Å². The molecule has 1 aliphatic heterocycles. The fourth-order valence-electron chi connectivity index (χ4n) is 2.72. The van der Waals surface area contributed by atoms with Gasteiger partial charge in [-0.15, -0.1) is 0 Å². The maximum Gasteiger partial charge on any atom is -0.00176 e. The third kappa shape index (κ3) is 0.968. The number of nitrogens with one attached hydrogen (secondary N) is 1. The van der Waals surface area contributed by atoms with Gasteiger partial charge in [0.1, 0.15) is 0 Å². The number of rotatable bonds is 0. The van der Waals surface area contributed by atoms with Crippen molar-refractivity contribution in [2.24, 2.45) is 17.8 Å². The molecule has 1 saturated heterocycles. The molecule has 0 radical (unpaired) electrons. The smallest absolute Gasteiger partial charge is 0.00176 e. The van der Waals surface area contributed by atoms with E-state index >= 15 is 0 Å². The third-order valence-corrected chi connectivity index (χ3v) is 3.32. The molecule has 0 aromatic carbocycles. The van der Waals surface area contributed by atoms with Crippen LogP contribution < -0.4 is 5.32 Å². The van der Waals surface area contributed by atoms with E-state index in [-0.39, 0.29) is 0 Å². The summed E-state index contributed by atoms with van der Waals surface area (Å²) < 4.78 is 0. The van der Waals surface area contributed by atoms with Crippen LogP contribution in [0.2, 0.25) is 0 Å². The zero-order valence-electron chi connectivity index (χ0n) is 6.77. The molecule has 0 amide bonds. The van der Waals surface area contributed by atoms with Crippen LogP contribution in [-0.4, -0.2) is 13.1 Å². The molecule has 2 aliphatic rings. The Morgan fingerprint density at radius 3 is 2.90 bits per heavy atom. The zero-order chi connectivity index (χ0) is 6.97. The summed E-state index contributed by atoms with van der Waals surface area (Å²) in [7, 11) is 0. The van der Waals surface area contributed by atoms with Gasteiger partial charge < -0.3 is 5.32 Å². The average Bonchev–Trinajstić information content (AvgIpc) is 2.36. The van der Waals surface area contributed by atoms with Crippen molar-refractivity contribution in [3.8, 4) is 0 Å². The van der Waals surface area contributed by atoms with Gasteiger partial charge in [-0.25, -0.2) is 0 Å². The van der Waals surface area contributed by atoms with Crippen molar-refractivity contribution < 1.29 is 0 Å². The minimum atomic E-state index is 0.946. The van der Waals surface area contributed by atoms with Gasteiger partial charge in [0.05, 0.1) is 0 Å². The minimum absolute atomic E-state index is 0.946. The van der Waals surface area contributed by atoms with E-state index in [0.717, 1.165) is 17.8 Å². The topological polar surface area (TPSA) is 12.0 Å². The first-order valence-corrected chi connectivity index (χ1v) is 4.58. The Bertz CT molecular complexity index is 122. The van der Waals surface area contributed by atoms with Gasteiger partial charge in [-0.2, -0.15) is 0 Å². The number of hydrogen-bond acceptors (Lipinski definition) is 1. The summed E-state index contributed by atoms with van der Waals surface area (Å²) in [6.07, 6.45) is 4.48. The molecular weight excluding hydrogens is 122 g/mol. The summed E-state index contributed by atoms with van der Waals surface area (Å²) in [6, 6.07) is 0. The van der Waals surface area contributed by atoms with Crippen molar-refractivity contribution in [2.75, 3.05) is 13.1 Å². The highest BCUT2D eigenvalue weighted by molar-refractivity contribution is 4.86. The summed E-state index contributed by atoms with van der Waals surface area (Å²) in [4.78, 5) is 0. The molecule has 2 fully saturated rings. The van der Waals surface area contributed by atoms with E-state index in [4.69, 9.17) is 0 Å². The van der Waals surface area contributed by atoms with Crippen LogP contribution in [0.5, 0.6) is 0 Å². The summed E-state index contributed by atoms with van der Waals surface area (Å²) in [5.74, 6) is 3.05. The van der Waals surface area contributed by atoms with Crippen molar-refractivity contribution in [3.63, 3.8) is 0 Å². The fourth-order valence-corrected chi connectivity index (χ4v) is 2.72. The number of piperidine rings is 1. The van der Waals surface area contributed by atoms with E-state index in [1.807, 2.05) is 0 Å². The van der Waals surface area contributed by atoms with Crippen molar-refractivity contribution in [2.45, 2.75) is 26.2 Å².